The first kappa shape index (κ1) is 26.2. The number of aromatic hydroxyl groups is 1. The van der Waals surface area contributed by atoms with Crippen LogP contribution in [0.15, 0.2) is 95.0 Å². The van der Waals surface area contributed by atoms with Crippen LogP contribution in [0.25, 0.3) is 0 Å². The fraction of sp³-hybridized carbons (Fsp3) is 0.207. The Balaban J connectivity index is 1.29. The molecule has 0 aromatic heterocycles. The van der Waals surface area contributed by atoms with Crippen LogP contribution in [0.2, 0.25) is 0 Å². The van der Waals surface area contributed by atoms with Crippen molar-refractivity contribution < 1.29 is 24.6 Å². The number of carbonyl (C=O) groups is 3. The molecule has 0 bridgehead atoms. The molecule has 9 nitrogen and oxygen atoms in total. The number of hydrogen-bond acceptors (Lipinski definition) is 7. The molecule has 0 unspecified atom stereocenters. The Morgan fingerprint density at radius 1 is 1.00 bits per heavy atom. The third-order valence-electron chi connectivity index (χ3n) is 6.51. The summed E-state index contributed by atoms with van der Waals surface area (Å²) < 4.78 is 0. The Hall–Kier alpha value is -4.44. The number of amidine groups is 1. The molecule has 2 aliphatic rings. The van der Waals surface area contributed by atoms with Crippen LogP contribution in [0.3, 0.4) is 0 Å². The summed E-state index contributed by atoms with van der Waals surface area (Å²) in [6, 6.07) is 24.2. The van der Waals surface area contributed by atoms with Gasteiger partial charge in [-0.25, -0.2) is 9.80 Å². The highest BCUT2D eigenvalue weighted by Crippen LogP contribution is 2.38. The number of phenols is 1. The first-order chi connectivity index (χ1) is 18.9. The molecule has 3 atom stereocenters. The molecule has 0 saturated carbocycles. The molecule has 0 spiro atoms. The van der Waals surface area contributed by atoms with E-state index in [-0.39, 0.29) is 24.6 Å². The van der Waals surface area contributed by atoms with Crippen molar-refractivity contribution in [1.82, 2.24) is 10.3 Å². The van der Waals surface area contributed by atoms with E-state index in [1.54, 1.807) is 53.5 Å². The van der Waals surface area contributed by atoms with E-state index in [0.29, 0.717) is 11.6 Å². The van der Waals surface area contributed by atoms with Crippen molar-refractivity contribution in [3.63, 3.8) is 0 Å². The number of hydrazone groups is 1. The van der Waals surface area contributed by atoms with Crippen LogP contribution < -0.4 is 5.32 Å². The van der Waals surface area contributed by atoms with Crippen LogP contribution in [0, 0.1) is 0 Å². The van der Waals surface area contributed by atoms with Crippen molar-refractivity contribution in [2.24, 2.45) is 10.1 Å². The Morgan fingerprint density at radius 3 is 2.33 bits per heavy atom. The predicted octanol–water partition coefficient (Wildman–Crippen LogP) is 3.74. The lowest BCUT2D eigenvalue weighted by atomic mass is 9.99. The Morgan fingerprint density at radius 2 is 1.67 bits per heavy atom. The average Bonchev–Trinajstić information content (AvgIpc) is 3.54. The van der Waals surface area contributed by atoms with Crippen molar-refractivity contribution in [3.8, 4) is 5.75 Å². The van der Waals surface area contributed by atoms with E-state index >= 15 is 0 Å². The number of aliphatic imine (C=N–C) groups is 1. The maximum Gasteiger partial charge on any atom is 0.326 e. The van der Waals surface area contributed by atoms with E-state index in [1.165, 1.54) is 0 Å². The van der Waals surface area contributed by atoms with Gasteiger partial charge < -0.3 is 15.5 Å². The smallest absolute Gasteiger partial charge is 0.326 e. The summed E-state index contributed by atoms with van der Waals surface area (Å²) in [5.74, 6) is -1.98. The number of carboxylic acid groups (broad SMARTS) is 1. The van der Waals surface area contributed by atoms with Crippen molar-refractivity contribution in [1.29, 1.82) is 0 Å². The highest BCUT2D eigenvalue weighted by molar-refractivity contribution is 8.15. The zero-order valence-corrected chi connectivity index (χ0v) is 21.6. The van der Waals surface area contributed by atoms with Crippen LogP contribution in [0.5, 0.6) is 5.75 Å². The topological polar surface area (TPSA) is 132 Å². The number of nitrogens with zero attached hydrogens (tertiary/aromatic N) is 3. The van der Waals surface area contributed by atoms with Gasteiger partial charge in [0.25, 0.3) is 5.91 Å². The second-order valence-electron chi connectivity index (χ2n) is 9.26. The number of rotatable bonds is 8. The van der Waals surface area contributed by atoms with E-state index in [2.05, 4.69) is 10.3 Å². The Bertz CT molecular complexity index is 1430. The van der Waals surface area contributed by atoms with Gasteiger partial charge in [0.05, 0.1) is 11.8 Å². The number of hydrogen-bond donors (Lipinski definition) is 3. The molecular weight excluding hydrogens is 516 g/mol. The number of benzene rings is 3. The van der Waals surface area contributed by atoms with E-state index in [1.807, 2.05) is 36.4 Å². The molecule has 39 heavy (non-hydrogen) atoms. The average molecular weight is 543 g/mol. The minimum atomic E-state index is -1.14. The maximum absolute atomic E-state index is 12.8. The van der Waals surface area contributed by atoms with Gasteiger partial charge in [-0.15, -0.1) is 0 Å². The summed E-state index contributed by atoms with van der Waals surface area (Å²) in [7, 11) is 0. The van der Waals surface area contributed by atoms with Crippen molar-refractivity contribution in [2.75, 3.05) is 0 Å². The minimum absolute atomic E-state index is 0.136. The predicted molar refractivity (Wildman–Crippen MR) is 148 cm³/mol. The summed E-state index contributed by atoms with van der Waals surface area (Å²) in [4.78, 5) is 41.6. The lowest BCUT2D eigenvalue weighted by Crippen LogP contribution is -2.43. The Labute approximate surface area is 229 Å². The number of thioether (sulfide) groups is 1. The number of aliphatic carboxylic acids is 1. The molecule has 3 N–H and O–H groups in total. The molecule has 0 fully saturated rings. The first-order valence-corrected chi connectivity index (χ1v) is 13.3. The molecule has 198 valence electrons. The molecule has 10 heteroatoms. The lowest BCUT2D eigenvalue weighted by Gasteiger charge is -2.23. The third-order valence-corrected chi connectivity index (χ3v) is 7.65. The van der Waals surface area contributed by atoms with Crippen molar-refractivity contribution >= 4 is 40.4 Å². The molecule has 5 rings (SSSR count). The lowest BCUT2D eigenvalue weighted by molar-refractivity contribution is -0.141. The Kier molecular flexibility index (Phi) is 7.74. The normalized spacial score (nSPS) is 19.4. The summed E-state index contributed by atoms with van der Waals surface area (Å²) in [6.07, 6.45) is 0.498. The van der Waals surface area contributed by atoms with Gasteiger partial charge >= 0.3 is 5.97 Å². The zero-order chi connectivity index (χ0) is 27.4. The quantitative estimate of drug-likeness (QED) is 0.395. The standard InChI is InChI=1S/C29H26N4O5S/c34-21-13-11-19(12-14-21)22-16-24(20-9-5-2-6-10-20)33(32-22)29-31-27(36)25(39-29)17-26(35)30-23(28(37)38)15-18-7-3-1-4-8-18/h1-14,23-25,34H,15-17H2,(H,30,35)(H,37,38)/t23-,24-,25+/m1/s1. The summed E-state index contributed by atoms with van der Waals surface area (Å²) in [6.45, 7) is 0. The summed E-state index contributed by atoms with van der Waals surface area (Å²) in [5.41, 5.74) is 3.41. The van der Waals surface area contributed by atoms with E-state index < -0.39 is 29.1 Å². The molecule has 2 amide bonds. The summed E-state index contributed by atoms with van der Waals surface area (Å²) in [5, 5.41) is 27.9. The second kappa shape index (κ2) is 11.5. The van der Waals surface area contributed by atoms with Crippen LogP contribution >= 0.6 is 11.8 Å². The fourth-order valence-corrected chi connectivity index (χ4v) is 5.59. The van der Waals surface area contributed by atoms with Gasteiger partial charge in [-0.05, 0) is 41.0 Å². The van der Waals surface area contributed by atoms with E-state index in [0.717, 1.165) is 34.2 Å². The molecular formula is C29H26N4O5S. The van der Waals surface area contributed by atoms with Crippen LogP contribution in [-0.2, 0) is 20.8 Å². The van der Waals surface area contributed by atoms with Gasteiger partial charge in [-0.3, -0.25) is 9.59 Å². The minimum Gasteiger partial charge on any atom is -0.508 e. The molecule has 2 heterocycles. The highest BCUT2D eigenvalue weighted by Gasteiger charge is 2.39. The van der Waals surface area contributed by atoms with Gasteiger partial charge in [0.1, 0.15) is 17.0 Å². The first-order valence-electron chi connectivity index (χ1n) is 12.4. The number of nitrogens with one attached hydrogen (secondary N) is 1. The third kappa shape index (κ3) is 6.18. The van der Waals surface area contributed by atoms with Gasteiger partial charge in [0.2, 0.25) is 5.91 Å². The summed E-state index contributed by atoms with van der Waals surface area (Å²) >= 11 is 1.15. The molecule has 3 aromatic carbocycles. The largest absolute Gasteiger partial charge is 0.508 e. The number of phenolic OH excluding ortho intramolecular Hbond substituents is 1. The molecule has 3 aromatic rings. The van der Waals surface area contributed by atoms with Crippen LogP contribution in [-0.4, -0.2) is 55.2 Å². The monoisotopic (exact) mass is 542 g/mol. The van der Waals surface area contributed by atoms with Gasteiger partial charge in [-0.1, -0.05) is 72.4 Å². The van der Waals surface area contributed by atoms with Gasteiger partial charge in [0, 0.05) is 19.3 Å². The van der Waals surface area contributed by atoms with Crippen LogP contribution in [0.1, 0.15) is 35.6 Å². The molecule has 0 aliphatic carbocycles. The van der Waals surface area contributed by atoms with E-state index in [9.17, 15) is 24.6 Å². The van der Waals surface area contributed by atoms with Crippen LogP contribution in [0.4, 0.5) is 0 Å². The molecule has 0 radical (unpaired) electrons. The highest BCUT2D eigenvalue weighted by atomic mass is 32.2. The maximum atomic E-state index is 12.8. The fourth-order valence-electron chi connectivity index (χ4n) is 4.53. The zero-order valence-electron chi connectivity index (χ0n) is 20.8. The van der Waals surface area contributed by atoms with Gasteiger partial charge in [-0.2, -0.15) is 10.1 Å². The SMILES string of the molecule is O=C(C[C@@H]1SC(N2N=C(c3ccc(O)cc3)C[C@@H]2c2ccccc2)=NC1=O)N[C@H](Cc1ccccc1)C(=O)O. The number of amides is 2. The van der Waals surface area contributed by atoms with Gasteiger partial charge in [0.15, 0.2) is 5.17 Å². The second-order valence-corrected chi connectivity index (χ2v) is 10.4. The van der Waals surface area contributed by atoms with E-state index in [4.69, 9.17) is 5.10 Å². The number of carboxylic acids is 1. The number of carbonyl (C=O) groups excluding carboxylic acids is 2. The molecule has 0 saturated heterocycles. The van der Waals surface area contributed by atoms with Crippen molar-refractivity contribution in [2.45, 2.75) is 36.6 Å². The van der Waals surface area contributed by atoms with Crippen molar-refractivity contribution in [3.05, 3.63) is 102 Å². The molecule has 2 aliphatic heterocycles.